The zero-order chi connectivity index (χ0) is 22.5. The number of aromatic nitrogens is 2. The monoisotopic (exact) mass is 432 g/mol. The van der Waals surface area contributed by atoms with E-state index in [1.807, 2.05) is 13.8 Å². The van der Waals surface area contributed by atoms with E-state index in [0.29, 0.717) is 12.7 Å². The number of hydrogen-bond acceptors (Lipinski definition) is 5. The van der Waals surface area contributed by atoms with E-state index in [4.69, 9.17) is 4.74 Å². The zero-order valence-electron chi connectivity index (χ0n) is 16.5. The first-order valence-corrected chi connectivity index (χ1v) is 9.03. The fourth-order valence-electron chi connectivity index (χ4n) is 2.59. The number of halogens is 5. The van der Waals surface area contributed by atoms with E-state index in [2.05, 4.69) is 15.3 Å². The average Bonchev–Trinajstić information content (AvgIpc) is 3.09. The molecular weight excluding hydrogens is 411 g/mol. The van der Waals surface area contributed by atoms with Crippen LogP contribution in [-0.4, -0.2) is 40.2 Å². The van der Waals surface area contributed by atoms with Crippen LogP contribution in [0.25, 0.3) is 0 Å². The Hall–Kier alpha value is -2.98. The average molecular weight is 432 g/mol. The van der Waals surface area contributed by atoms with Gasteiger partial charge in [-0.05, 0) is 32.9 Å². The Labute approximate surface area is 170 Å². The number of carbonyl (C=O) groups excluding carboxylic acids is 1. The molecule has 6 nitrogen and oxygen atoms in total. The number of nitrogens with one attached hydrogen (secondary N) is 1. The Morgan fingerprint density at radius 3 is 2.20 bits per heavy atom. The van der Waals surface area contributed by atoms with Crippen molar-refractivity contribution in [2.24, 2.45) is 0 Å². The number of hydrogen-bond donors (Lipinski definition) is 1. The molecule has 0 bridgehead atoms. The molecule has 0 spiro atoms. The van der Waals surface area contributed by atoms with E-state index in [1.54, 1.807) is 4.90 Å². The summed E-state index contributed by atoms with van der Waals surface area (Å²) in [7, 11) is 0. The summed E-state index contributed by atoms with van der Waals surface area (Å²) in [6.07, 6.45) is -2.93. The zero-order valence-corrected chi connectivity index (χ0v) is 16.5. The molecule has 1 fully saturated rings. The Morgan fingerprint density at radius 2 is 1.77 bits per heavy atom. The van der Waals surface area contributed by atoms with Gasteiger partial charge in [0.25, 0.3) is 0 Å². The van der Waals surface area contributed by atoms with Crippen molar-refractivity contribution >= 4 is 12.0 Å². The molecule has 164 valence electrons. The number of carbonyl (C=O) groups is 1. The predicted octanol–water partition coefficient (Wildman–Crippen LogP) is 4.79. The highest BCUT2D eigenvalue weighted by Crippen LogP contribution is 2.31. The van der Waals surface area contributed by atoms with Gasteiger partial charge in [0.2, 0.25) is 5.95 Å². The van der Waals surface area contributed by atoms with Gasteiger partial charge in [-0.15, -0.1) is 0 Å². The molecule has 1 aliphatic heterocycles. The lowest BCUT2D eigenvalue weighted by Crippen LogP contribution is -2.31. The molecule has 1 aromatic heterocycles. The normalized spacial score (nSPS) is 14.8. The quantitative estimate of drug-likeness (QED) is 0.704. The number of nitrogens with zero attached hydrogens (tertiary/aromatic N) is 3. The summed E-state index contributed by atoms with van der Waals surface area (Å²) in [5.74, 6) is -1.58. The maximum absolute atomic E-state index is 13.8. The van der Waals surface area contributed by atoms with Crippen LogP contribution in [0.5, 0.6) is 0 Å². The van der Waals surface area contributed by atoms with E-state index in [9.17, 15) is 26.7 Å². The number of anilines is 1. The van der Waals surface area contributed by atoms with E-state index < -0.39 is 29.4 Å². The van der Waals surface area contributed by atoms with Crippen LogP contribution in [0.2, 0.25) is 0 Å². The van der Waals surface area contributed by atoms with Crippen LogP contribution in [-0.2, 0) is 10.9 Å². The molecular formula is C19H21F5N4O2. The van der Waals surface area contributed by atoms with Crippen molar-refractivity contribution in [1.82, 2.24) is 14.9 Å². The van der Waals surface area contributed by atoms with Crippen molar-refractivity contribution in [3.8, 4) is 0 Å². The number of rotatable bonds is 4. The molecule has 1 atom stereocenters. The molecule has 11 heteroatoms. The smallest absolute Gasteiger partial charge is 0.416 e. The van der Waals surface area contributed by atoms with Crippen molar-refractivity contribution in [2.75, 3.05) is 18.5 Å². The van der Waals surface area contributed by atoms with E-state index in [-0.39, 0.29) is 23.6 Å². The highest BCUT2D eigenvalue weighted by molar-refractivity contribution is 5.69. The lowest BCUT2D eigenvalue weighted by Gasteiger charge is -2.16. The molecule has 1 amide bonds. The van der Waals surface area contributed by atoms with Crippen LogP contribution in [0.1, 0.15) is 37.9 Å². The van der Waals surface area contributed by atoms with Gasteiger partial charge in [-0.25, -0.2) is 23.5 Å². The highest BCUT2D eigenvalue weighted by Gasteiger charge is 2.31. The van der Waals surface area contributed by atoms with E-state index in [1.165, 1.54) is 6.92 Å². The standard InChI is InChI=1S/C13H10F5N3.C6H11NO2/c1-7(21-12-19-5-9(14)6-20-12)10-3-2-8(4-11(10)15)13(16,17)18;1-5(2)7-3-4-9-6(7)8/h2-7H,1H3,(H,19,20,21);5H,3-4H2,1-2H3/t7-;/m0./s1. The summed E-state index contributed by atoms with van der Waals surface area (Å²) in [6, 6.07) is 1.86. The topological polar surface area (TPSA) is 67.3 Å². The summed E-state index contributed by atoms with van der Waals surface area (Å²) in [4.78, 5) is 19.7. The van der Waals surface area contributed by atoms with Gasteiger partial charge in [0.05, 0.1) is 30.5 Å². The van der Waals surface area contributed by atoms with Crippen LogP contribution >= 0.6 is 0 Å². The maximum Gasteiger partial charge on any atom is 0.416 e. The number of cyclic esters (lactones) is 1. The minimum Gasteiger partial charge on any atom is -0.448 e. The molecule has 0 aliphatic carbocycles. The minimum absolute atomic E-state index is 0.0240. The molecule has 1 aliphatic rings. The second-order valence-corrected chi connectivity index (χ2v) is 6.73. The highest BCUT2D eigenvalue weighted by atomic mass is 19.4. The van der Waals surface area contributed by atoms with Gasteiger partial charge in [0, 0.05) is 11.6 Å². The number of alkyl halides is 3. The molecule has 0 saturated carbocycles. The lowest BCUT2D eigenvalue weighted by atomic mass is 10.1. The SMILES string of the molecule is CC(C)N1CCOC1=O.C[C@H](Nc1ncc(F)cn1)c1ccc(C(F)(F)F)cc1F. The summed E-state index contributed by atoms with van der Waals surface area (Å²) >= 11 is 0. The van der Waals surface area contributed by atoms with Gasteiger partial charge in [-0.1, -0.05) is 6.07 Å². The van der Waals surface area contributed by atoms with Crippen molar-refractivity contribution in [3.05, 3.63) is 53.4 Å². The van der Waals surface area contributed by atoms with Gasteiger partial charge >= 0.3 is 12.3 Å². The summed E-state index contributed by atoms with van der Waals surface area (Å²) < 4.78 is 68.5. The third-order valence-electron chi connectivity index (χ3n) is 4.18. The van der Waals surface area contributed by atoms with Crippen LogP contribution in [0.4, 0.5) is 32.7 Å². The van der Waals surface area contributed by atoms with Crippen LogP contribution in [0.3, 0.4) is 0 Å². The minimum atomic E-state index is -4.60. The Kier molecular flexibility index (Phi) is 7.52. The fraction of sp³-hybridized carbons (Fsp3) is 0.421. The summed E-state index contributed by atoms with van der Waals surface area (Å²) in [5.41, 5.74) is -1.04. The molecule has 3 rings (SSSR count). The van der Waals surface area contributed by atoms with Gasteiger partial charge in [0.1, 0.15) is 12.4 Å². The van der Waals surface area contributed by atoms with Crippen LogP contribution in [0, 0.1) is 11.6 Å². The summed E-state index contributed by atoms with van der Waals surface area (Å²) in [6.45, 7) is 6.78. The molecule has 30 heavy (non-hydrogen) atoms. The van der Waals surface area contributed by atoms with Crippen molar-refractivity contribution < 1.29 is 31.5 Å². The first-order chi connectivity index (χ1) is 14.0. The first kappa shape index (κ1) is 23.3. The van der Waals surface area contributed by atoms with Crippen molar-refractivity contribution in [2.45, 2.75) is 39.0 Å². The van der Waals surface area contributed by atoms with E-state index in [0.717, 1.165) is 31.1 Å². The second kappa shape index (κ2) is 9.68. The van der Waals surface area contributed by atoms with Crippen LogP contribution in [0.15, 0.2) is 30.6 Å². The van der Waals surface area contributed by atoms with Crippen molar-refractivity contribution in [3.63, 3.8) is 0 Å². The predicted molar refractivity (Wildman–Crippen MR) is 98.6 cm³/mol. The fourth-order valence-corrected chi connectivity index (χ4v) is 2.59. The Morgan fingerprint density at radius 1 is 1.13 bits per heavy atom. The molecule has 0 radical (unpaired) electrons. The Bertz CT molecular complexity index is 859. The van der Waals surface area contributed by atoms with E-state index >= 15 is 0 Å². The van der Waals surface area contributed by atoms with Gasteiger partial charge in [-0.3, -0.25) is 0 Å². The molecule has 1 saturated heterocycles. The Balaban J connectivity index is 0.000000297. The summed E-state index contributed by atoms with van der Waals surface area (Å²) in [5, 5.41) is 2.67. The molecule has 2 aromatic rings. The third-order valence-corrected chi connectivity index (χ3v) is 4.18. The number of ether oxygens (including phenoxy) is 1. The van der Waals surface area contributed by atoms with Crippen molar-refractivity contribution in [1.29, 1.82) is 0 Å². The lowest BCUT2D eigenvalue weighted by molar-refractivity contribution is -0.137. The largest absolute Gasteiger partial charge is 0.448 e. The van der Waals surface area contributed by atoms with Gasteiger partial charge in [-0.2, -0.15) is 13.2 Å². The van der Waals surface area contributed by atoms with Gasteiger partial charge < -0.3 is 15.0 Å². The number of amides is 1. The van der Waals surface area contributed by atoms with Gasteiger partial charge in [0.15, 0.2) is 5.82 Å². The number of benzene rings is 1. The molecule has 1 N–H and O–H groups in total. The first-order valence-electron chi connectivity index (χ1n) is 9.03. The second-order valence-electron chi connectivity index (χ2n) is 6.73. The third kappa shape index (κ3) is 6.26. The van der Waals surface area contributed by atoms with Crippen LogP contribution < -0.4 is 5.32 Å². The molecule has 1 aromatic carbocycles. The molecule has 2 heterocycles. The maximum atomic E-state index is 13.8. The molecule has 0 unspecified atom stereocenters.